The van der Waals surface area contributed by atoms with E-state index in [9.17, 15) is 27.3 Å². The van der Waals surface area contributed by atoms with Gasteiger partial charge in [0, 0.05) is 25.6 Å². The largest absolute Gasteiger partial charge is 0.366 e. The molecule has 124 valence electrons. The van der Waals surface area contributed by atoms with Gasteiger partial charge >= 0.3 is 5.76 Å². The number of rotatable bonds is 5. The van der Waals surface area contributed by atoms with Crippen molar-refractivity contribution in [2.75, 3.05) is 18.0 Å². The van der Waals surface area contributed by atoms with Crippen LogP contribution in [-0.4, -0.2) is 32.2 Å². The summed E-state index contributed by atoms with van der Waals surface area (Å²) >= 11 is 0. The summed E-state index contributed by atoms with van der Waals surface area (Å²) in [6.45, 7) is 0.906. The highest BCUT2D eigenvalue weighted by molar-refractivity contribution is 7.91. The minimum absolute atomic E-state index is 0.0732. The first kappa shape index (κ1) is 17.1. The van der Waals surface area contributed by atoms with Crippen LogP contribution in [0, 0.1) is 27.4 Å². The van der Waals surface area contributed by atoms with E-state index in [0.717, 1.165) is 6.07 Å². The summed E-state index contributed by atoms with van der Waals surface area (Å²) in [4.78, 5) is 11.3. The number of anilines is 1. The third-order valence-corrected chi connectivity index (χ3v) is 5.09. The van der Waals surface area contributed by atoms with Crippen molar-refractivity contribution in [1.29, 1.82) is 5.26 Å². The standard InChI is InChI=1S/C13H13F2N3O4S/c14-13(15)23(21,22)10-1-2-11(12(7-10)18(19)20)17-6-4-9(8-17)3-5-16/h1-2,7,9,13H,3-4,6,8H2. The first-order chi connectivity index (χ1) is 10.8. The number of nitro groups is 1. The number of benzene rings is 1. The number of halogens is 2. The molecule has 1 atom stereocenters. The average Bonchev–Trinajstić information content (AvgIpc) is 2.95. The predicted octanol–water partition coefficient (Wildman–Crippen LogP) is 2.33. The summed E-state index contributed by atoms with van der Waals surface area (Å²) in [5.41, 5.74) is -0.368. The molecule has 1 saturated heterocycles. The van der Waals surface area contributed by atoms with Gasteiger partial charge < -0.3 is 4.90 Å². The van der Waals surface area contributed by atoms with Crippen molar-refractivity contribution in [1.82, 2.24) is 0 Å². The first-order valence-corrected chi connectivity index (χ1v) is 8.24. The molecule has 1 unspecified atom stereocenters. The molecule has 0 aliphatic carbocycles. The minimum Gasteiger partial charge on any atom is -0.366 e. The Bertz CT molecular complexity index is 761. The quantitative estimate of drug-likeness (QED) is 0.599. The number of hydrogen-bond donors (Lipinski definition) is 0. The molecule has 1 aliphatic heterocycles. The number of nitro benzene ring substituents is 1. The number of sulfone groups is 1. The Hall–Kier alpha value is -2.28. The fraction of sp³-hybridized carbons (Fsp3) is 0.462. The molecule has 0 radical (unpaired) electrons. The van der Waals surface area contributed by atoms with Crippen molar-refractivity contribution < 1.29 is 22.1 Å². The summed E-state index contributed by atoms with van der Waals surface area (Å²) in [6, 6.07) is 4.81. The number of nitrogens with zero attached hydrogens (tertiary/aromatic N) is 3. The monoisotopic (exact) mass is 345 g/mol. The molecule has 1 heterocycles. The van der Waals surface area contributed by atoms with Crippen molar-refractivity contribution >= 4 is 21.2 Å². The molecule has 23 heavy (non-hydrogen) atoms. The normalized spacial score (nSPS) is 18.2. The molecule has 10 heteroatoms. The Kier molecular flexibility index (Phi) is 4.79. The van der Waals surface area contributed by atoms with E-state index in [2.05, 4.69) is 0 Å². The van der Waals surface area contributed by atoms with Gasteiger partial charge in [-0.2, -0.15) is 14.0 Å². The van der Waals surface area contributed by atoms with Crippen molar-refractivity contribution in [3.8, 4) is 6.07 Å². The van der Waals surface area contributed by atoms with Gasteiger partial charge in [-0.1, -0.05) is 0 Å². The summed E-state index contributed by atoms with van der Waals surface area (Å²) in [7, 11) is -4.89. The maximum Gasteiger partial charge on any atom is 0.341 e. The second-order valence-corrected chi connectivity index (χ2v) is 7.09. The lowest BCUT2D eigenvalue weighted by Gasteiger charge is -2.18. The third-order valence-electron chi connectivity index (χ3n) is 3.71. The van der Waals surface area contributed by atoms with E-state index in [-0.39, 0.29) is 11.6 Å². The van der Waals surface area contributed by atoms with E-state index in [1.807, 2.05) is 6.07 Å². The smallest absolute Gasteiger partial charge is 0.341 e. The van der Waals surface area contributed by atoms with Crippen LogP contribution in [0.1, 0.15) is 12.8 Å². The number of alkyl halides is 2. The lowest BCUT2D eigenvalue weighted by atomic mass is 10.1. The van der Waals surface area contributed by atoms with Crippen LogP contribution in [0.2, 0.25) is 0 Å². The molecule has 0 amide bonds. The molecule has 0 spiro atoms. The number of nitriles is 1. The lowest BCUT2D eigenvalue weighted by Crippen LogP contribution is -2.21. The van der Waals surface area contributed by atoms with E-state index >= 15 is 0 Å². The Labute approximate surface area is 131 Å². The zero-order valence-corrected chi connectivity index (χ0v) is 12.7. The van der Waals surface area contributed by atoms with E-state index in [1.54, 1.807) is 4.90 Å². The molecule has 7 nitrogen and oxygen atoms in total. The number of hydrogen-bond acceptors (Lipinski definition) is 6. The highest BCUT2D eigenvalue weighted by Crippen LogP contribution is 2.35. The molecule has 0 bridgehead atoms. The van der Waals surface area contributed by atoms with Crippen LogP contribution in [0.15, 0.2) is 23.1 Å². The van der Waals surface area contributed by atoms with Crippen LogP contribution in [0.25, 0.3) is 0 Å². The van der Waals surface area contributed by atoms with E-state index in [0.29, 0.717) is 32.0 Å². The van der Waals surface area contributed by atoms with E-state index < -0.39 is 31.1 Å². The summed E-state index contributed by atoms with van der Waals surface area (Å²) in [5.74, 6) is -3.57. The van der Waals surface area contributed by atoms with E-state index in [1.165, 1.54) is 6.07 Å². The fourth-order valence-electron chi connectivity index (χ4n) is 2.54. The van der Waals surface area contributed by atoms with Crippen LogP contribution >= 0.6 is 0 Å². The van der Waals surface area contributed by atoms with E-state index in [4.69, 9.17) is 5.26 Å². The van der Waals surface area contributed by atoms with Gasteiger partial charge in [-0.15, -0.1) is 0 Å². The Morgan fingerprint density at radius 2 is 2.17 bits per heavy atom. The van der Waals surface area contributed by atoms with Crippen molar-refractivity contribution in [3.05, 3.63) is 28.3 Å². The van der Waals surface area contributed by atoms with Gasteiger partial charge in [-0.25, -0.2) is 8.42 Å². The molecular weight excluding hydrogens is 332 g/mol. The summed E-state index contributed by atoms with van der Waals surface area (Å²) in [5, 5.41) is 19.9. The maximum absolute atomic E-state index is 12.6. The van der Waals surface area contributed by atoms with Crippen molar-refractivity contribution in [3.63, 3.8) is 0 Å². The SMILES string of the molecule is N#CCC1CCN(c2ccc(S(=O)(=O)C(F)F)cc2[N+](=O)[O-])C1. The minimum atomic E-state index is -4.89. The molecule has 2 rings (SSSR count). The molecule has 1 aromatic carbocycles. The fourth-order valence-corrected chi connectivity index (χ4v) is 3.28. The predicted molar refractivity (Wildman–Crippen MR) is 76.8 cm³/mol. The zero-order valence-electron chi connectivity index (χ0n) is 11.9. The van der Waals surface area contributed by atoms with Crippen LogP contribution in [0.3, 0.4) is 0 Å². The van der Waals surface area contributed by atoms with Gasteiger partial charge in [0.1, 0.15) is 5.69 Å². The Morgan fingerprint density at radius 3 is 2.74 bits per heavy atom. The first-order valence-electron chi connectivity index (χ1n) is 6.69. The van der Waals surface area contributed by atoms with Crippen molar-refractivity contribution in [2.45, 2.75) is 23.5 Å². The molecule has 1 fully saturated rings. The summed E-state index contributed by atoms with van der Waals surface area (Å²) < 4.78 is 48.0. The summed E-state index contributed by atoms with van der Waals surface area (Å²) in [6.07, 6.45) is 1.00. The van der Waals surface area contributed by atoms with Crippen molar-refractivity contribution in [2.24, 2.45) is 5.92 Å². The average molecular weight is 345 g/mol. The maximum atomic E-state index is 12.6. The lowest BCUT2D eigenvalue weighted by molar-refractivity contribution is -0.384. The molecule has 0 aromatic heterocycles. The van der Waals surface area contributed by atoms with Gasteiger partial charge in [0.15, 0.2) is 0 Å². The second-order valence-electron chi connectivity index (χ2n) is 5.18. The highest BCUT2D eigenvalue weighted by Gasteiger charge is 2.32. The second kappa shape index (κ2) is 6.45. The Balaban J connectivity index is 2.40. The molecule has 0 saturated carbocycles. The van der Waals surface area contributed by atoms with Crippen LogP contribution in [-0.2, 0) is 9.84 Å². The highest BCUT2D eigenvalue weighted by atomic mass is 32.2. The van der Waals surface area contributed by atoms with Crippen LogP contribution in [0.5, 0.6) is 0 Å². The molecular formula is C13H13F2N3O4S. The van der Waals surface area contributed by atoms with Crippen LogP contribution in [0.4, 0.5) is 20.2 Å². The van der Waals surface area contributed by atoms with Gasteiger partial charge in [-0.05, 0) is 24.5 Å². The molecule has 1 aromatic rings. The van der Waals surface area contributed by atoms with Gasteiger partial charge in [-0.3, -0.25) is 10.1 Å². The van der Waals surface area contributed by atoms with Gasteiger partial charge in [0.25, 0.3) is 5.69 Å². The van der Waals surface area contributed by atoms with Gasteiger partial charge in [0.05, 0.1) is 15.9 Å². The Morgan fingerprint density at radius 1 is 1.48 bits per heavy atom. The molecule has 1 aliphatic rings. The third kappa shape index (κ3) is 3.39. The zero-order chi connectivity index (χ0) is 17.2. The van der Waals surface area contributed by atoms with Gasteiger partial charge in [0.2, 0.25) is 9.84 Å². The molecule has 0 N–H and O–H groups in total. The van der Waals surface area contributed by atoms with Crippen LogP contribution < -0.4 is 4.90 Å². The topological polar surface area (TPSA) is 104 Å².